The maximum atomic E-state index is 12.1. The van der Waals surface area contributed by atoms with E-state index in [9.17, 15) is 18.0 Å². The van der Waals surface area contributed by atoms with Crippen molar-refractivity contribution in [1.82, 2.24) is 5.32 Å². The van der Waals surface area contributed by atoms with Gasteiger partial charge in [0.25, 0.3) is 0 Å². The van der Waals surface area contributed by atoms with Gasteiger partial charge in [-0.05, 0) is 30.7 Å². The van der Waals surface area contributed by atoms with Crippen LogP contribution in [0.15, 0.2) is 47.1 Å². The van der Waals surface area contributed by atoms with Gasteiger partial charge in [0.2, 0.25) is 0 Å². The summed E-state index contributed by atoms with van der Waals surface area (Å²) in [5.41, 5.74) is 0.330. The lowest BCUT2D eigenvalue weighted by atomic mass is 10.3. The number of hydrogen-bond donors (Lipinski definition) is 2. The zero-order valence-corrected chi connectivity index (χ0v) is 13.8. The first-order valence-electron chi connectivity index (χ1n) is 7.87. The van der Waals surface area contributed by atoms with Gasteiger partial charge in [-0.1, -0.05) is 6.07 Å². The van der Waals surface area contributed by atoms with Gasteiger partial charge in [0, 0.05) is 24.9 Å². The highest BCUT2D eigenvalue weighted by Gasteiger charge is 2.28. The van der Waals surface area contributed by atoms with Crippen LogP contribution in [0.2, 0.25) is 0 Å². The van der Waals surface area contributed by atoms with E-state index in [-0.39, 0.29) is 5.75 Å². The molecule has 0 aliphatic carbocycles. The Balaban J connectivity index is 1.62. The second-order valence-electron chi connectivity index (χ2n) is 5.30. The Hall–Kier alpha value is -2.68. The predicted octanol–water partition coefficient (Wildman–Crippen LogP) is 3.95. The molecule has 1 aromatic heterocycles. The van der Waals surface area contributed by atoms with Crippen LogP contribution in [-0.4, -0.2) is 32.0 Å². The third-order valence-corrected chi connectivity index (χ3v) is 3.07. The highest BCUT2D eigenvalue weighted by Crippen LogP contribution is 2.21. The van der Waals surface area contributed by atoms with Crippen molar-refractivity contribution in [2.24, 2.45) is 0 Å². The highest BCUT2D eigenvalue weighted by molar-refractivity contribution is 5.89. The number of urea groups is 1. The lowest BCUT2D eigenvalue weighted by Crippen LogP contribution is -2.30. The standard InChI is InChI=1S/C17H19F3N2O4/c18-17(19,20)12-26-14-5-1-4-13(10-14)22-16(23)21-7-3-8-24-11-15-6-2-9-25-15/h1-2,4-6,9-10H,3,7-8,11-12H2,(H2,21,22,23). The molecule has 142 valence electrons. The molecule has 0 atom stereocenters. The molecule has 26 heavy (non-hydrogen) atoms. The Morgan fingerprint density at radius 1 is 1.19 bits per heavy atom. The van der Waals surface area contributed by atoms with E-state index in [0.29, 0.717) is 31.9 Å². The maximum Gasteiger partial charge on any atom is 0.422 e. The molecule has 0 fully saturated rings. The van der Waals surface area contributed by atoms with Gasteiger partial charge in [-0.15, -0.1) is 0 Å². The molecule has 0 spiro atoms. The van der Waals surface area contributed by atoms with E-state index in [2.05, 4.69) is 15.4 Å². The van der Waals surface area contributed by atoms with Crippen molar-refractivity contribution in [2.45, 2.75) is 19.2 Å². The SMILES string of the molecule is O=C(NCCCOCc1ccco1)Nc1cccc(OCC(F)(F)F)c1. The molecule has 0 unspecified atom stereocenters. The Morgan fingerprint density at radius 2 is 2.04 bits per heavy atom. The average molecular weight is 372 g/mol. The van der Waals surface area contributed by atoms with Gasteiger partial charge in [0.15, 0.2) is 6.61 Å². The summed E-state index contributed by atoms with van der Waals surface area (Å²) in [4.78, 5) is 11.8. The molecule has 0 bridgehead atoms. The predicted molar refractivity (Wildman–Crippen MR) is 88.0 cm³/mol. The summed E-state index contributed by atoms with van der Waals surface area (Å²) in [6, 6.07) is 8.84. The van der Waals surface area contributed by atoms with Crippen molar-refractivity contribution >= 4 is 11.7 Å². The number of anilines is 1. The summed E-state index contributed by atoms with van der Waals surface area (Å²) >= 11 is 0. The smallest absolute Gasteiger partial charge is 0.422 e. The monoisotopic (exact) mass is 372 g/mol. The molecule has 2 rings (SSSR count). The lowest BCUT2D eigenvalue weighted by Gasteiger charge is -2.11. The first-order valence-corrected chi connectivity index (χ1v) is 7.87. The summed E-state index contributed by atoms with van der Waals surface area (Å²) in [7, 11) is 0. The summed E-state index contributed by atoms with van der Waals surface area (Å²) in [6.45, 7) is -0.194. The number of carbonyl (C=O) groups is 1. The number of ether oxygens (including phenoxy) is 2. The van der Waals surface area contributed by atoms with Gasteiger partial charge < -0.3 is 24.5 Å². The Bertz CT molecular complexity index is 675. The zero-order valence-electron chi connectivity index (χ0n) is 13.8. The minimum Gasteiger partial charge on any atom is -0.484 e. The van der Waals surface area contributed by atoms with Gasteiger partial charge in [0.05, 0.1) is 6.26 Å². The Labute approximate surface area is 148 Å². The number of amides is 2. The minimum absolute atomic E-state index is 0.0199. The number of halogens is 3. The fourth-order valence-electron chi connectivity index (χ4n) is 1.95. The van der Waals surface area contributed by atoms with Crippen molar-refractivity contribution in [3.8, 4) is 5.75 Å². The van der Waals surface area contributed by atoms with Crippen LogP contribution in [0.25, 0.3) is 0 Å². The average Bonchev–Trinajstić information content (AvgIpc) is 3.09. The molecule has 0 radical (unpaired) electrons. The summed E-state index contributed by atoms with van der Waals surface area (Å²) in [6.07, 6.45) is -2.25. The van der Waals surface area contributed by atoms with Crippen LogP contribution in [0.1, 0.15) is 12.2 Å². The summed E-state index contributed by atoms with van der Waals surface area (Å²) in [5, 5.41) is 5.15. The Kier molecular flexibility index (Phi) is 7.34. The first-order chi connectivity index (χ1) is 12.4. The lowest BCUT2D eigenvalue weighted by molar-refractivity contribution is -0.153. The number of hydrogen-bond acceptors (Lipinski definition) is 4. The van der Waals surface area contributed by atoms with Gasteiger partial charge in [-0.2, -0.15) is 13.2 Å². The number of furan rings is 1. The Morgan fingerprint density at radius 3 is 2.77 bits per heavy atom. The number of carbonyl (C=O) groups excluding carboxylic acids is 1. The van der Waals surface area contributed by atoms with Crippen molar-refractivity contribution < 1.29 is 31.9 Å². The van der Waals surface area contributed by atoms with Crippen LogP contribution in [0, 0.1) is 0 Å². The quantitative estimate of drug-likeness (QED) is 0.654. The first kappa shape index (κ1) is 19.6. The molecular weight excluding hydrogens is 353 g/mol. The van der Waals surface area contributed by atoms with E-state index >= 15 is 0 Å². The molecule has 0 saturated carbocycles. The number of rotatable bonds is 9. The summed E-state index contributed by atoms with van der Waals surface area (Å²) in [5.74, 6) is 0.745. The van der Waals surface area contributed by atoms with Gasteiger partial charge in [-0.3, -0.25) is 0 Å². The topological polar surface area (TPSA) is 72.7 Å². The molecule has 1 heterocycles. The minimum atomic E-state index is -4.42. The molecular formula is C17H19F3N2O4. The fraction of sp³-hybridized carbons (Fsp3) is 0.353. The molecule has 2 aromatic rings. The second-order valence-corrected chi connectivity index (χ2v) is 5.30. The van der Waals surface area contributed by atoms with E-state index in [0.717, 1.165) is 5.76 Å². The van der Waals surface area contributed by atoms with Crippen molar-refractivity contribution in [1.29, 1.82) is 0 Å². The highest BCUT2D eigenvalue weighted by atomic mass is 19.4. The molecule has 0 aliphatic heterocycles. The molecule has 0 saturated heterocycles. The second kappa shape index (κ2) is 9.71. The van der Waals surface area contributed by atoms with Crippen LogP contribution in [-0.2, 0) is 11.3 Å². The van der Waals surface area contributed by atoms with Crippen LogP contribution >= 0.6 is 0 Å². The molecule has 2 N–H and O–H groups in total. The van der Waals surface area contributed by atoms with Gasteiger partial charge in [0.1, 0.15) is 18.1 Å². The van der Waals surface area contributed by atoms with E-state index in [1.807, 2.05) is 0 Å². The van der Waals surface area contributed by atoms with Crippen molar-refractivity contribution in [3.05, 3.63) is 48.4 Å². The largest absolute Gasteiger partial charge is 0.484 e. The molecule has 0 aliphatic rings. The number of alkyl halides is 3. The number of benzene rings is 1. The van der Waals surface area contributed by atoms with E-state index in [4.69, 9.17) is 9.15 Å². The van der Waals surface area contributed by atoms with E-state index in [1.165, 1.54) is 18.2 Å². The molecule has 2 amide bonds. The van der Waals surface area contributed by atoms with Crippen LogP contribution in [0.5, 0.6) is 5.75 Å². The van der Waals surface area contributed by atoms with Crippen molar-refractivity contribution in [2.75, 3.05) is 25.1 Å². The van der Waals surface area contributed by atoms with Crippen molar-refractivity contribution in [3.63, 3.8) is 0 Å². The van der Waals surface area contributed by atoms with Gasteiger partial charge in [-0.25, -0.2) is 4.79 Å². The third-order valence-electron chi connectivity index (χ3n) is 3.07. The molecule has 9 heteroatoms. The third kappa shape index (κ3) is 7.93. The number of nitrogens with one attached hydrogen (secondary N) is 2. The van der Waals surface area contributed by atoms with Crippen LogP contribution in [0.3, 0.4) is 0 Å². The summed E-state index contributed by atoms with van der Waals surface area (Å²) < 4.78 is 51.5. The molecule has 6 nitrogen and oxygen atoms in total. The van der Waals surface area contributed by atoms with Crippen LogP contribution < -0.4 is 15.4 Å². The van der Waals surface area contributed by atoms with Crippen LogP contribution in [0.4, 0.5) is 23.7 Å². The molecule has 1 aromatic carbocycles. The van der Waals surface area contributed by atoms with E-state index < -0.39 is 18.8 Å². The van der Waals surface area contributed by atoms with E-state index in [1.54, 1.807) is 24.5 Å². The van der Waals surface area contributed by atoms with Gasteiger partial charge >= 0.3 is 12.2 Å². The fourth-order valence-corrected chi connectivity index (χ4v) is 1.95. The normalized spacial score (nSPS) is 11.2. The zero-order chi connectivity index (χ0) is 18.8. The maximum absolute atomic E-state index is 12.1.